The summed E-state index contributed by atoms with van der Waals surface area (Å²) in [6.07, 6.45) is 2.79. The first-order valence-electron chi connectivity index (χ1n) is 8.85. The first kappa shape index (κ1) is 18.8. The quantitative estimate of drug-likeness (QED) is 0.765. The fourth-order valence-electron chi connectivity index (χ4n) is 3.16. The van der Waals surface area contributed by atoms with E-state index in [4.69, 9.17) is 14.6 Å². The number of benzene rings is 1. The smallest absolute Gasteiger partial charge is 0.306 e. The number of carboxylic acids is 1. The van der Waals surface area contributed by atoms with E-state index in [9.17, 15) is 4.79 Å². The highest BCUT2D eigenvalue weighted by Gasteiger charge is 2.25. The lowest BCUT2D eigenvalue weighted by Gasteiger charge is -2.31. The minimum absolute atomic E-state index is 0.259. The minimum atomic E-state index is -0.713. The van der Waals surface area contributed by atoms with Gasteiger partial charge in [-0.1, -0.05) is 6.07 Å². The van der Waals surface area contributed by atoms with E-state index in [-0.39, 0.29) is 5.92 Å². The highest BCUT2D eigenvalue weighted by atomic mass is 16.5. The van der Waals surface area contributed by atoms with E-state index in [2.05, 4.69) is 20.2 Å². The van der Waals surface area contributed by atoms with Crippen molar-refractivity contribution in [2.75, 3.05) is 37.5 Å². The van der Waals surface area contributed by atoms with Crippen molar-refractivity contribution in [3.63, 3.8) is 0 Å². The molecule has 1 saturated heterocycles. The first-order valence-corrected chi connectivity index (χ1v) is 8.85. The Morgan fingerprint density at radius 2 is 1.93 bits per heavy atom. The predicted molar refractivity (Wildman–Crippen MR) is 101 cm³/mol. The zero-order valence-electron chi connectivity index (χ0n) is 15.5. The topological polar surface area (TPSA) is 96.8 Å². The van der Waals surface area contributed by atoms with Crippen LogP contribution in [0.5, 0.6) is 11.5 Å². The van der Waals surface area contributed by atoms with Crippen molar-refractivity contribution in [1.29, 1.82) is 0 Å². The SMILES string of the molecule is COc1ccc(CNc2cc(N3CCC(C(=O)O)CC3)ncn2)cc1OC. The second kappa shape index (κ2) is 8.57. The lowest BCUT2D eigenvalue weighted by atomic mass is 9.97. The molecule has 2 N–H and O–H groups in total. The number of aliphatic carboxylic acids is 1. The highest BCUT2D eigenvalue weighted by Crippen LogP contribution is 2.28. The summed E-state index contributed by atoms with van der Waals surface area (Å²) in [7, 11) is 3.22. The third-order valence-corrected chi connectivity index (χ3v) is 4.74. The Morgan fingerprint density at radius 1 is 1.19 bits per heavy atom. The van der Waals surface area contributed by atoms with Gasteiger partial charge in [0, 0.05) is 25.7 Å². The van der Waals surface area contributed by atoms with Crippen LogP contribution in [0.3, 0.4) is 0 Å². The van der Waals surface area contributed by atoms with E-state index >= 15 is 0 Å². The molecule has 0 spiro atoms. The number of carboxylic acid groups (broad SMARTS) is 1. The van der Waals surface area contributed by atoms with Crippen LogP contribution in [0.1, 0.15) is 18.4 Å². The number of nitrogens with zero attached hydrogens (tertiary/aromatic N) is 3. The van der Waals surface area contributed by atoms with Gasteiger partial charge in [-0.05, 0) is 30.5 Å². The monoisotopic (exact) mass is 372 g/mol. The average Bonchev–Trinajstić information content (AvgIpc) is 2.72. The summed E-state index contributed by atoms with van der Waals surface area (Å²) >= 11 is 0. The molecule has 8 nitrogen and oxygen atoms in total. The van der Waals surface area contributed by atoms with Crippen molar-refractivity contribution in [1.82, 2.24) is 9.97 Å². The van der Waals surface area contributed by atoms with Gasteiger partial charge in [0.2, 0.25) is 0 Å². The van der Waals surface area contributed by atoms with Gasteiger partial charge in [0.1, 0.15) is 18.0 Å². The van der Waals surface area contributed by atoms with Gasteiger partial charge in [-0.25, -0.2) is 9.97 Å². The van der Waals surface area contributed by atoms with Crippen molar-refractivity contribution in [2.24, 2.45) is 5.92 Å². The fraction of sp³-hybridized carbons (Fsp3) is 0.421. The van der Waals surface area contributed by atoms with Gasteiger partial charge in [0.15, 0.2) is 11.5 Å². The molecule has 0 atom stereocenters. The zero-order valence-corrected chi connectivity index (χ0v) is 15.5. The van der Waals surface area contributed by atoms with E-state index in [0.717, 1.165) is 17.2 Å². The summed E-state index contributed by atoms with van der Waals surface area (Å²) in [6.45, 7) is 1.95. The average molecular weight is 372 g/mol. The Balaban J connectivity index is 1.62. The number of nitrogens with one attached hydrogen (secondary N) is 1. The van der Waals surface area contributed by atoms with Gasteiger partial charge in [-0.2, -0.15) is 0 Å². The molecule has 0 bridgehead atoms. The molecule has 2 aromatic rings. The molecule has 27 heavy (non-hydrogen) atoms. The second-order valence-corrected chi connectivity index (χ2v) is 6.40. The maximum absolute atomic E-state index is 11.1. The number of rotatable bonds is 7. The molecule has 1 aromatic carbocycles. The summed E-state index contributed by atoms with van der Waals surface area (Å²) in [6, 6.07) is 7.65. The molecule has 0 saturated carbocycles. The molecule has 1 aliphatic rings. The zero-order chi connectivity index (χ0) is 19.2. The standard InChI is InChI=1S/C19H24N4O4/c1-26-15-4-3-13(9-16(15)27-2)11-20-17-10-18(22-12-21-17)23-7-5-14(6-8-23)19(24)25/h3-4,9-10,12,14H,5-8,11H2,1-2H3,(H,24,25)(H,20,21,22). The van der Waals surface area contributed by atoms with Gasteiger partial charge in [0.05, 0.1) is 20.1 Å². The molecule has 3 rings (SSSR count). The lowest BCUT2D eigenvalue weighted by Crippen LogP contribution is -2.36. The number of hydrogen-bond donors (Lipinski definition) is 2. The molecule has 1 aromatic heterocycles. The molecule has 1 aliphatic heterocycles. The largest absolute Gasteiger partial charge is 0.493 e. The van der Waals surface area contributed by atoms with E-state index in [1.54, 1.807) is 14.2 Å². The van der Waals surface area contributed by atoms with Crippen molar-refractivity contribution in [3.05, 3.63) is 36.2 Å². The summed E-state index contributed by atoms with van der Waals surface area (Å²) in [5.74, 6) is 1.93. The normalized spacial score (nSPS) is 14.7. The van der Waals surface area contributed by atoms with E-state index in [1.165, 1.54) is 6.33 Å². The van der Waals surface area contributed by atoms with Gasteiger partial charge in [-0.15, -0.1) is 0 Å². The Morgan fingerprint density at radius 3 is 2.59 bits per heavy atom. The highest BCUT2D eigenvalue weighted by molar-refractivity contribution is 5.70. The molecule has 1 fully saturated rings. The molecule has 0 radical (unpaired) electrons. The Labute approximate surface area is 158 Å². The number of carbonyl (C=O) groups is 1. The van der Waals surface area contributed by atoms with E-state index in [0.29, 0.717) is 44.0 Å². The van der Waals surface area contributed by atoms with Crippen LogP contribution in [-0.2, 0) is 11.3 Å². The number of hydrogen-bond acceptors (Lipinski definition) is 7. The summed E-state index contributed by atoms with van der Waals surface area (Å²) in [5, 5.41) is 12.4. The Kier molecular flexibility index (Phi) is 5.95. The third-order valence-electron chi connectivity index (χ3n) is 4.74. The molecular weight excluding hydrogens is 348 g/mol. The first-order chi connectivity index (χ1) is 13.1. The molecule has 0 amide bonds. The van der Waals surface area contributed by atoms with Crippen molar-refractivity contribution < 1.29 is 19.4 Å². The molecule has 144 valence electrons. The molecule has 2 heterocycles. The molecule has 0 unspecified atom stereocenters. The number of piperidine rings is 1. The number of aromatic nitrogens is 2. The number of methoxy groups -OCH3 is 2. The number of anilines is 2. The maximum Gasteiger partial charge on any atom is 0.306 e. The van der Waals surface area contributed by atoms with Crippen molar-refractivity contribution in [2.45, 2.75) is 19.4 Å². The fourth-order valence-corrected chi connectivity index (χ4v) is 3.16. The summed E-state index contributed by atoms with van der Waals surface area (Å²) < 4.78 is 10.6. The van der Waals surface area contributed by atoms with Gasteiger partial charge in [-0.3, -0.25) is 4.79 Å². The van der Waals surface area contributed by atoms with E-state index in [1.807, 2.05) is 24.3 Å². The van der Waals surface area contributed by atoms with Crippen LogP contribution in [0.2, 0.25) is 0 Å². The summed E-state index contributed by atoms with van der Waals surface area (Å²) in [4.78, 5) is 21.8. The van der Waals surface area contributed by atoms with Crippen LogP contribution >= 0.6 is 0 Å². The van der Waals surface area contributed by atoms with Crippen LogP contribution in [0.4, 0.5) is 11.6 Å². The van der Waals surface area contributed by atoms with Gasteiger partial charge >= 0.3 is 5.97 Å². The summed E-state index contributed by atoms with van der Waals surface area (Å²) in [5.41, 5.74) is 1.04. The van der Waals surface area contributed by atoms with Crippen LogP contribution < -0.4 is 19.7 Å². The second-order valence-electron chi connectivity index (χ2n) is 6.40. The van der Waals surface area contributed by atoms with E-state index < -0.39 is 5.97 Å². The Hall–Kier alpha value is -3.03. The molecule has 0 aliphatic carbocycles. The van der Waals surface area contributed by atoms with Crippen molar-refractivity contribution in [3.8, 4) is 11.5 Å². The third kappa shape index (κ3) is 4.58. The molecular formula is C19H24N4O4. The predicted octanol–water partition coefficient (Wildman–Crippen LogP) is 2.41. The van der Waals surface area contributed by atoms with Gasteiger partial charge < -0.3 is 24.8 Å². The number of ether oxygens (including phenoxy) is 2. The molecule has 8 heteroatoms. The van der Waals surface area contributed by atoms with Crippen LogP contribution in [0.25, 0.3) is 0 Å². The lowest BCUT2D eigenvalue weighted by molar-refractivity contribution is -0.142. The maximum atomic E-state index is 11.1. The van der Waals surface area contributed by atoms with Crippen LogP contribution in [-0.4, -0.2) is 48.4 Å². The Bertz CT molecular complexity index is 791. The van der Waals surface area contributed by atoms with Gasteiger partial charge in [0.25, 0.3) is 0 Å². The van der Waals surface area contributed by atoms with Crippen LogP contribution in [0.15, 0.2) is 30.6 Å². The minimum Gasteiger partial charge on any atom is -0.493 e. The van der Waals surface area contributed by atoms with Crippen molar-refractivity contribution >= 4 is 17.6 Å². The van der Waals surface area contributed by atoms with Crippen LogP contribution in [0, 0.1) is 5.92 Å².